The fourth-order valence-electron chi connectivity index (χ4n) is 4.52. The highest BCUT2D eigenvalue weighted by atomic mass is 16.4. The van der Waals surface area contributed by atoms with Crippen LogP contribution >= 0.6 is 0 Å². The van der Waals surface area contributed by atoms with Crippen LogP contribution in [-0.4, -0.2) is 28.1 Å². The summed E-state index contributed by atoms with van der Waals surface area (Å²) in [5.74, 6) is -1.67. The smallest absolute Gasteiger partial charge is 0.320 e. The van der Waals surface area contributed by atoms with Gasteiger partial charge in [-0.05, 0) is 49.9 Å². The molecule has 0 radical (unpaired) electrons. The standard InChI is InChI=1S/C23H40O4/c1-5-7-9-14-19(24)23(21(26)27,18-12-10-11-13-18)20(25)15-17-22(3,4)16-8-6-2/h7,9,18-19,24H,5-6,8,10-17H2,1-4H3,(H,26,27)/t19-,23-/m1/s1. The number of carboxylic acids is 1. The Hall–Kier alpha value is -1.16. The molecule has 4 heteroatoms. The van der Waals surface area contributed by atoms with Crippen LogP contribution in [0.2, 0.25) is 0 Å². The SMILES string of the molecule is CCC=CC[C@@H](O)[C@@](C(=O)O)(C(=O)CCC(C)(C)CCCC)C1CCCC1. The highest BCUT2D eigenvalue weighted by Crippen LogP contribution is 2.46. The van der Waals surface area contributed by atoms with Crippen molar-refractivity contribution in [1.29, 1.82) is 0 Å². The fourth-order valence-corrected chi connectivity index (χ4v) is 4.52. The van der Waals surface area contributed by atoms with Crippen molar-refractivity contribution in [2.24, 2.45) is 16.7 Å². The van der Waals surface area contributed by atoms with Crippen LogP contribution in [0, 0.1) is 16.7 Å². The second-order valence-corrected chi connectivity index (χ2v) is 8.98. The van der Waals surface area contributed by atoms with Gasteiger partial charge in [0.15, 0.2) is 11.2 Å². The first-order chi connectivity index (χ1) is 12.7. The quantitative estimate of drug-likeness (QED) is 0.325. The first kappa shape index (κ1) is 23.9. The molecule has 0 heterocycles. The first-order valence-electron chi connectivity index (χ1n) is 10.8. The Balaban J connectivity index is 3.05. The molecule has 1 saturated carbocycles. The number of aliphatic carboxylic acids is 1. The number of hydrogen-bond acceptors (Lipinski definition) is 3. The van der Waals surface area contributed by atoms with Crippen LogP contribution in [0.15, 0.2) is 12.2 Å². The van der Waals surface area contributed by atoms with Crippen LogP contribution in [0.3, 0.4) is 0 Å². The molecule has 0 spiro atoms. The summed E-state index contributed by atoms with van der Waals surface area (Å²) in [5, 5.41) is 21.1. The average Bonchev–Trinajstić information content (AvgIpc) is 3.13. The predicted octanol–water partition coefficient (Wildman–Crippen LogP) is 5.53. The second kappa shape index (κ2) is 11.0. The third-order valence-electron chi connectivity index (χ3n) is 6.34. The Morgan fingerprint density at radius 3 is 2.26 bits per heavy atom. The van der Waals surface area contributed by atoms with E-state index in [0.29, 0.717) is 19.3 Å². The Labute approximate surface area is 165 Å². The van der Waals surface area contributed by atoms with Crippen molar-refractivity contribution in [3.8, 4) is 0 Å². The molecule has 1 aliphatic rings. The highest BCUT2D eigenvalue weighted by Gasteiger charge is 2.56. The van der Waals surface area contributed by atoms with Gasteiger partial charge in [0.25, 0.3) is 0 Å². The van der Waals surface area contributed by atoms with E-state index in [1.807, 2.05) is 19.1 Å². The van der Waals surface area contributed by atoms with Crippen LogP contribution in [0.25, 0.3) is 0 Å². The topological polar surface area (TPSA) is 74.6 Å². The van der Waals surface area contributed by atoms with Gasteiger partial charge in [-0.3, -0.25) is 9.59 Å². The summed E-state index contributed by atoms with van der Waals surface area (Å²) in [4.78, 5) is 25.7. The van der Waals surface area contributed by atoms with Crippen LogP contribution < -0.4 is 0 Å². The number of unbranched alkanes of at least 4 members (excludes halogenated alkanes) is 1. The molecule has 0 aromatic carbocycles. The maximum Gasteiger partial charge on any atom is 0.320 e. The van der Waals surface area contributed by atoms with E-state index in [4.69, 9.17) is 0 Å². The van der Waals surface area contributed by atoms with E-state index in [1.54, 1.807) is 0 Å². The monoisotopic (exact) mass is 380 g/mol. The molecule has 1 rings (SSSR count). The Morgan fingerprint density at radius 1 is 1.11 bits per heavy atom. The van der Waals surface area contributed by atoms with E-state index in [2.05, 4.69) is 20.8 Å². The second-order valence-electron chi connectivity index (χ2n) is 8.98. The van der Waals surface area contributed by atoms with Gasteiger partial charge in [-0.2, -0.15) is 0 Å². The number of ketones is 1. The number of aliphatic hydroxyl groups excluding tert-OH is 1. The first-order valence-corrected chi connectivity index (χ1v) is 10.8. The summed E-state index contributed by atoms with van der Waals surface area (Å²) in [6, 6.07) is 0. The van der Waals surface area contributed by atoms with Crippen molar-refractivity contribution in [2.75, 3.05) is 0 Å². The number of aliphatic hydroxyl groups is 1. The molecule has 1 aliphatic carbocycles. The van der Waals surface area contributed by atoms with Gasteiger partial charge in [0.05, 0.1) is 6.10 Å². The number of Topliss-reactive ketones (excluding diaryl/α,β-unsaturated/α-hetero) is 1. The van der Waals surface area contributed by atoms with Crippen LogP contribution in [0.1, 0.15) is 98.3 Å². The Kier molecular flexibility index (Phi) is 9.72. The average molecular weight is 381 g/mol. The van der Waals surface area contributed by atoms with Gasteiger partial charge in [0.1, 0.15) is 0 Å². The van der Waals surface area contributed by atoms with Crippen molar-refractivity contribution in [3.05, 3.63) is 12.2 Å². The van der Waals surface area contributed by atoms with E-state index >= 15 is 0 Å². The number of carboxylic acid groups (broad SMARTS) is 1. The van der Waals surface area contributed by atoms with Crippen molar-refractivity contribution in [2.45, 2.75) is 104 Å². The van der Waals surface area contributed by atoms with Crippen LogP contribution in [-0.2, 0) is 9.59 Å². The predicted molar refractivity (Wildman–Crippen MR) is 110 cm³/mol. The maximum absolute atomic E-state index is 13.3. The zero-order valence-electron chi connectivity index (χ0n) is 17.8. The van der Waals surface area contributed by atoms with Gasteiger partial charge in [-0.1, -0.05) is 65.5 Å². The van der Waals surface area contributed by atoms with Gasteiger partial charge in [-0.15, -0.1) is 0 Å². The number of allylic oxidation sites excluding steroid dienone is 1. The molecule has 2 atom stereocenters. The van der Waals surface area contributed by atoms with Crippen molar-refractivity contribution < 1.29 is 19.8 Å². The van der Waals surface area contributed by atoms with Gasteiger partial charge in [-0.25, -0.2) is 0 Å². The minimum Gasteiger partial charge on any atom is -0.480 e. The van der Waals surface area contributed by atoms with Crippen LogP contribution in [0.5, 0.6) is 0 Å². The number of carbonyl (C=O) groups is 2. The minimum atomic E-state index is -1.66. The Bertz CT molecular complexity index is 503. The summed E-state index contributed by atoms with van der Waals surface area (Å²) in [6.07, 6.45) is 11.1. The lowest BCUT2D eigenvalue weighted by atomic mass is 9.64. The van der Waals surface area contributed by atoms with E-state index in [-0.39, 0.29) is 30.0 Å². The molecule has 4 nitrogen and oxygen atoms in total. The van der Waals surface area contributed by atoms with E-state index in [1.165, 1.54) is 0 Å². The van der Waals surface area contributed by atoms with Gasteiger partial charge in [0.2, 0.25) is 0 Å². The molecule has 0 saturated heterocycles. The van der Waals surface area contributed by atoms with Crippen LogP contribution in [0.4, 0.5) is 0 Å². The molecule has 0 aromatic heterocycles. The molecule has 0 amide bonds. The lowest BCUT2D eigenvalue weighted by molar-refractivity contribution is -0.169. The van der Waals surface area contributed by atoms with E-state index in [0.717, 1.165) is 38.5 Å². The van der Waals surface area contributed by atoms with Gasteiger partial charge >= 0.3 is 5.97 Å². The van der Waals surface area contributed by atoms with Gasteiger partial charge < -0.3 is 10.2 Å². The van der Waals surface area contributed by atoms with Crippen molar-refractivity contribution in [3.63, 3.8) is 0 Å². The zero-order chi connectivity index (χ0) is 20.5. The lowest BCUT2D eigenvalue weighted by Crippen LogP contribution is -2.53. The third-order valence-corrected chi connectivity index (χ3v) is 6.34. The zero-order valence-corrected chi connectivity index (χ0v) is 17.8. The number of carbonyl (C=O) groups excluding carboxylic acids is 1. The normalized spacial score (nSPS) is 19.3. The largest absolute Gasteiger partial charge is 0.480 e. The maximum atomic E-state index is 13.3. The summed E-state index contributed by atoms with van der Waals surface area (Å²) in [7, 11) is 0. The molecule has 0 unspecified atom stereocenters. The summed E-state index contributed by atoms with van der Waals surface area (Å²) >= 11 is 0. The summed E-state index contributed by atoms with van der Waals surface area (Å²) < 4.78 is 0. The minimum absolute atomic E-state index is 0.0126. The molecule has 0 aromatic rings. The molecule has 0 bridgehead atoms. The van der Waals surface area contributed by atoms with E-state index < -0.39 is 17.5 Å². The molecule has 156 valence electrons. The fraction of sp³-hybridized carbons (Fsp3) is 0.826. The molecule has 1 fully saturated rings. The summed E-state index contributed by atoms with van der Waals surface area (Å²) in [5.41, 5.74) is -1.64. The lowest BCUT2D eigenvalue weighted by Gasteiger charge is -2.38. The number of rotatable bonds is 13. The third kappa shape index (κ3) is 6.17. The number of hydrogen-bond donors (Lipinski definition) is 2. The van der Waals surface area contributed by atoms with Crippen molar-refractivity contribution >= 4 is 11.8 Å². The molecular formula is C23H40O4. The van der Waals surface area contributed by atoms with Crippen molar-refractivity contribution in [1.82, 2.24) is 0 Å². The molecule has 0 aliphatic heterocycles. The summed E-state index contributed by atoms with van der Waals surface area (Å²) in [6.45, 7) is 8.44. The molecular weight excluding hydrogens is 340 g/mol. The van der Waals surface area contributed by atoms with Gasteiger partial charge in [0, 0.05) is 6.42 Å². The highest BCUT2D eigenvalue weighted by molar-refractivity contribution is 6.04. The molecule has 27 heavy (non-hydrogen) atoms. The van der Waals surface area contributed by atoms with E-state index in [9.17, 15) is 19.8 Å². The Morgan fingerprint density at radius 2 is 1.74 bits per heavy atom. The molecule has 2 N–H and O–H groups in total.